The van der Waals surface area contributed by atoms with Gasteiger partial charge in [0.15, 0.2) is 0 Å². The first-order valence-corrected chi connectivity index (χ1v) is 11.9. The SMILES string of the molecule is Cc1cc(-n2ccnn2)ccc1-c1nnc(N(C)C2CC(C)(C)N(I)C(C)(C)C2)s1. The third kappa shape index (κ3) is 3.99. The van der Waals surface area contributed by atoms with Crippen LogP contribution in [-0.2, 0) is 0 Å². The van der Waals surface area contributed by atoms with Crippen LogP contribution in [0.1, 0.15) is 46.1 Å². The molecule has 1 fully saturated rings. The van der Waals surface area contributed by atoms with Gasteiger partial charge in [-0.1, -0.05) is 16.6 Å². The number of halogens is 1. The van der Waals surface area contributed by atoms with Crippen molar-refractivity contribution < 1.29 is 0 Å². The lowest BCUT2D eigenvalue weighted by Gasteiger charge is -2.53. The molecule has 4 rings (SSSR count). The lowest BCUT2D eigenvalue weighted by molar-refractivity contribution is 0.0724. The van der Waals surface area contributed by atoms with Gasteiger partial charge in [0, 0.05) is 52.6 Å². The molecule has 7 nitrogen and oxygen atoms in total. The highest BCUT2D eigenvalue weighted by Crippen LogP contribution is 2.44. The molecule has 1 saturated heterocycles. The summed E-state index contributed by atoms with van der Waals surface area (Å²) < 4.78 is 4.24. The minimum absolute atomic E-state index is 0.128. The van der Waals surface area contributed by atoms with Gasteiger partial charge in [0.2, 0.25) is 5.13 Å². The molecule has 1 aromatic carbocycles. The van der Waals surface area contributed by atoms with Crippen LogP contribution < -0.4 is 4.90 Å². The van der Waals surface area contributed by atoms with E-state index in [1.807, 2.05) is 12.3 Å². The van der Waals surface area contributed by atoms with E-state index < -0.39 is 0 Å². The summed E-state index contributed by atoms with van der Waals surface area (Å²) >= 11 is 4.15. The maximum Gasteiger partial charge on any atom is 0.208 e. The zero-order valence-electron chi connectivity index (χ0n) is 18.3. The highest BCUT2D eigenvalue weighted by atomic mass is 127. The van der Waals surface area contributed by atoms with Crippen LogP contribution in [0.25, 0.3) is 16.3 Å². The molecule has 0 amide bonds. The molecule has 0 aliphatic carbocycles. The Hall–Kier alpha value is -1.59. The third-order valence-electron chi connectivity index (χ3n) is 5.92. The summed E-state index contributed by atoms with van der Waals surface area (Å²) in [6, 6.07) is 6.67. The third-order valence-corrected chi connectivity index (χ3v) is 9.58. The molecule has 3 aromatic rings. The fourth-order valence-electron chi connectivity index (χ4n) is 4.48. The second-order valence-corrected chi connectivity index (χ2v) is 11.2. The molecule has 2 aromatic heterocycles. The van der Waals surface area contributed by atoms with Crippen LogP contribution in [0.2, 0.25) is 0 Å². The number of aromatic nitrogens is 5. The number of piperidine rings is 1. The van der Waals surface area contributed by atoms with Crippen molar-refractivity contribution in [3.8, 4) is 16.3 Å². The number of benzene rings is 1. The van der Waals surface area contributed by atoms with Gasteiger partial charge in [-0.3, -0.25) is 0 Å². The molecule has 0 spiro atoms. The van der Waals surface area contributed by atoms with Gasteiger partial charge >= 0.3 is 0 Å². The number of nitrogens with zero attached hydrogens (tertiary/aromatic N) is 7. The monoisotopic (exact) mass is 537 g/mol. The molecule has 1 aliphatic rings. The molecule has 0 N–H and O–H groups in total. The topological polar surface area (TPSA) is 63.0 Å². The van der Waals surface area contributed by atoms with Crippen molar-refractivity contribution in [1.82, 2.24) is 28.3 Å². The van der Waals surface area contributed by atoms with Crippen molar-refractivity contribution in [2.24, 2.45) is 0 Å². The van der Waals surface area contributed by atoms with Crippen LogP contribution >= 0.6 is 34.2 Å². The number of aryl methyl sites for hydroxylation is 1. The van der Waals surface area contributed by atoms with Gasteiger partial charge in [-0.05, 0) is 71.2 Å². The molecule has 0 bridgehead atoms. The van der Waals surface area contributed by atoms with Gasteiger partial charge in [0.1, 0.15) is 5.01 Å². The zero-order valence-corrected chi connectivity index (χ0v) is 21.3. The van der Waals surface area contributed by atoms with Crippen molar-refractivity contribution in [3.63, 3.8) is 0 Å². The first kappa shape index (κ1) is 21.6. The number of rotatable bonds is 4. The van der Waals surface area contributed by atoms with Gasteiger partial charge in [-0.2, -0.15) is 0 Å². The molecule has 0 atom stereocenters. The summed E-state index contributed by atoms with van der Waals surface area (Å²) in [5.41, 5.74) is 3.50. The molecule has 0 radical (unpaired) electrons. The highest BCUT2D eigenvalue weighted by molar-refractivity contribution is 14.1. The molecule has 3 heterocycles. The fourth-order valence-corrected chi connectivity index (χ4v) is 5.84. The predicted molar refractivity (Wildman–Crippen MR) is 130 cm³/mol. The Bertz CT molecular complexity index is 1010. The quantitative estimate of drug-likeness (QED) is 0.349. The van der Waals surface area contributed by atoms with E-state index in [9.17, 15) is 0 Å². The smallest absolute Gasteiger partial charge is 0.208 e. The number of hydrogen-bond acceptors (Lipinski definition) is 7. The normalized spacial score (nSPS) is 19.2. The number of anilines is 1. The number of hydrogen-bond donors (Lipinski definition) is 0. The van der Waals surface area contributed by atoms with E-state index in [0.29, 0.717) is 6.04 Å². The average Bonchev–Trinajstić information content (AvgIpc) is 3.37. The summed E-state index contributed by atoms with van der Waals surface area (Å²) in [4.78, 5) is 2.33. The van der Waals surface area contributed by atoms with Crippen molar-refractivity contribution in [1.29, 1.82) is 0 Å². The van der Waals surface area contributed by atoms with Crippen LogP contribution in [0.4, 0.5) is 5.13 Å². The summed E-state index contributed by atoms with van der Waals surface area (Å²) in [6.07, 6.45) is 5.71. The average molecular weight is 537 g/mol. The standard InChI is InChI=1S/C21H28IN7S/c1-14-11-15(28-10-9-23-26-28)7-8-17(14)18-24-25-19(30-18)27(6)16-12-20(2,3)29(22)21(4,5)13-16/h7-11,16H,12-13H2,1-6H3. The lowest BCUT2D eigenvalue weighted by atomic mass is 9.79. The van der Waals surface area contributed by atoms with Crippen molar-refractivity contribution in [2.75, 3.05) is 11.9 Å². The second kappa shape index (κ2) is 7.83. The molecular weight excluding hydrogens is 509 g/mol. The van der Waals surface area contributed by atoms with Crippen LogP contribution in [0, 0.1) is 6.92 Å². The van der Waals surface area contributed by atoms with Gasteiger partial charge in [-0.15, -0.1) is 15.3 Å². The summed E-state index contributed by atoms with van der Waals surface area (Å²) in [6.45, 7) is 11.4. The summed E-state index contributed by atoms with van der Waals surface area (Å²) in [5, 5.41) is 18.9. The van der Waals surface area contributed by atoms with Crippen LogP contribution in [0.3, 0.4) is 0 Å². The Balaban J connectivity index is 1.57. The molecule has 1 aliphatic heterocycles. The molecule has 160 valence electrons. The maximum absolute atomic E-state index is 4.55. The van der Waals surface area contributed by atoms with Crippen molar-refractivity contribution in [2.45, 2.75) is 64.6 Å². The van der Waals surface area contributed by atoms with E-state index in [1.54, 1.807) is 22.2 Å². The largest absolute Gasteiger partial charge is 0.347 e. The highest BCUT2D eigenvalue weighted by Gasteiger charge is 2.45. The van der Waals surface area contributed by atoms with E-state index in [1.165, 1.54) is 0 Å². The summed E-state index contributed by atoms with van der Waals surface area (Å²) in [5.74, 6) is 0. The van der Waals surface area contributed by atoms with Crippen LogP contribution in [0.5, 0.6) is 0 Å². The van der Waals surface area contributed by atoms with Gasteiger partial charge in [0.05, 0.1) is 18.1 Å². The Morgan fingerprint density at radius 3 is 2.43 bits per heavy atom. The van der Waals surface area contributed by atoms with E-state index in [-0.39, 0.29) is 11.1 Å². The van der Waals surface area contributed by atoms with E-state index in [4.69, 9.17) is 0 Å². The maximum atomic E-state index is 4.55. The van der Waals surface area contributed by atoms with E-state index in [0.717, 1.165) is 39.8 Å². The Morgan fingerprint density at radius 2 is 1.83 bits per heavy atom. The first-order valence-electron chi connectivity index (χ1n) is 10.1. The molecule has 0 unspecified atom stereocenters. The predicted octanol–water partition coefficient (Wildman–Crippen LogP) is 4.90. The Labute approximate surface area is 196 Å². The van der Waals surface area contributed by atoms with E-state index in [2.05, 4.69) is 105 Å². The van der Waals surface area contributed by atoms with Crippen molar-refractivity contribution >= 4 is 39.3 Å². The minimum atomic E-state index is 0.128. The van der Waals surface area contributed by atoms with E-state index >= 15 is 0 Å². The van der Waals surface area contributed by atoms with Crippen LogP contribution in [0.15, 0.2) is 30.6 Å². The first-order chi connectivity index (χ1) is 14.1. The Kier molecular flexibility index (Phi) is 5.65. The lowest BCUT2D eigenvalue weighted by Crippen LogP contribution is -2.59. The molecule has 30 heavy (non-hydrogen) atoms. The second-order valence-electron chi connectivity index (χ2n) is 9.32. The Morgan fingerprint density at radius 1 is 1.13 bits per heavy atom. The van der Waals surface area contributed by atoms with Crippen LogP contribution in [-0.4, -0.2) is 52.5 Å². The fraction of sp³-hybridized carbons (Fsp3) is 0.524. The zero-order chi connectivity index (χ0) is 21.7. The van der Waals surface area contributed by atoms with Gasteiger partial charge in [0.25, 0.3) is 0 Å². The molecule has 9 heteroatoms. The van der Waals surface area contributed by atoms with Crippen molar-refractivity contribution in [3.05, 3.63) is 36.2 Å². The minimum Gasteiger partial charge on any atom is -0.347 e. The summed E-state index contributed by atoms with van der Waals surface area (Å²) in [7, 11) is 2.16. The molecular formula is C21H28IN7S. The molecule has 0 saturated carbocycles. The van der Waals surface area contributed by atoms with Gasteiger partial charge in [-0.25, -0.2) is 7.80 Å². The van der Waals surface area contributed by atoms with Gasteiger partial charge < -0.3 is 4.90 Å².